The Bertz CT molecular complexity index is 1350. The van der Waals surface area contributed by atoms with Crippen molar-refractivity contribution in [1.82, 2.24) is 14.8 Å². The highest BCUT2D eigenvalue weighted by atomic mass is 19.1. The van der Waals surface area contributed by atoms with Crippen LogP contribution in [0, 0.1) is 17.5 Å². The largest absolute Gasteiger partial charge is 0.503 e. The van der Waals surface area contributed by atoms with Crippen LogP contribution in [0.3, 0.4) is 0 Å². The summed E-state index contributed by atoms with van der Waals surface area (Å²) in [6.45, 7) is -2.59. The standard InChI is InChI=1S/C22H20F3N3O5/c1-10-3-4-22(2,33)16-9-27(10)21(32)17-19(30)18(29)13(8-28(16)17)20(31)26-7-12-14(24)5-11(23)6-15(12)25/h3-6,8,10,16,30,33H,7,9H2,1-2H3,(H,26,31)/t10-,16+,22-/m0/s1/i2D3. The summed E-state index contributed by atoms with van der Waals surface area (Å²) >= 11 is 0. The Morgan fingerprint density at radius 1 is 1.30 bits per heavy atom. The predicted molar refractivity (Wildman–Crippen MR) is 109 cm³/mol. The smallest absolute Gasteiger partial charge is 0.275 e. The van der Waals surface area contributed by atoms with Gasteiger partial charge in [0.1, 0.15) is 28.6 Å². The number of nitrogens with one attached hydrogen (secondary N) is 1. The monoisotopic (exact) mass is 466 g/mol. The number of fused-ring (bicyclic) bond motifs is 4. The first-order chi connectivity index (χ1) is 16.7. The van der Waals surface area contributed by atoms with Gasteiger partial charge in [-0.05, 0) is 13.8 Å². The summed E-state index contributed by atoms with van der Waals surface area (Å²) in [6.07, 6.45) is 3.14. The summed E-state index contributed by atoms with van der Waals surface area (Å²) in [4.78, 5) is 39.8. The molecule has 0 radical (unpaired) electrons. The van der Waals surface area contributed by atoms with Crippen molar-refractivity contribution in [1.29, 1.82) is 0 Å². The number of nitrogens with zero attached hydrogens (tertiary/aromatic N) is 2. The van der Waals surface area contributed by atoms with E-state index in [1.54, 1.807) is 6.92 Å². The number of pyridine rings is 1. The average molecular weight is 466 g/mol. The number of halogens is 3. The molecule has 0 unspecified atom stereocenters. The predicted octanol–water partition coefficient (Wildman–Crippen LogP) is 1.61. The van der Waals surface area contributed by atoms with Gasteiger partial charge in [0.05, 0.1) is 6.04 Å². The maximum atomic E-state index is 13.9. The SMILES string of the molecule is [2H]C([2H])([2H])[C@]1(O)C=C[C@H](C)N2C[C@H]1n1cc(C(=O)NCc3c(F)cc(F)cc3F)c(=O)c(O)c1C2=O. The molecule has 2 aliphatic heterocycles. The first-order valence-electron chi connectivity index (χ1n) is 11.3. The second-order valence-corrected chi connectivity index (χ2v) is 7.91. The van der Waals surface area contributed by atoms with E-state index in [9.17, 15) is 37.8 Å². The number of carbonyl (C=O) groups is 2. The van der Waals surface area contributed by atoms with E-state index in [0.29, 0.717) is 12.1 Å². The van der Waals surface area contributed by atoms with Crippen LogP contribution >= 0.6 is 0 Å². The van der Waals surface area contributed by atoms with Gasteiger partial charge in [0, 0.05) is 47.1 Å². The van der Waals surface area contributed by atoms with E-state index in [1.165, 1.54) is 11.0 Å². The fourth-order valence-electron chi connectivity index (χ4n) is 3.94. The maximum absolute atomic E-state index is 13.9. The fourth-order valence-corrected chi connectivity index (χ4v) is 3.94. The van der Waals surface area contributed by atoms with Crippen LogP contribution in [0.2, 0.25) is 0 Å². The quantitative estimate of drug-likeness (QED) is 0.595. The van der Waals surface area contributed by atoms with Gasteiger partial charge >= 0.3 is 0 Å². The van der Waals surface area contributed by atoms with Gasteiger partial charge in [-0.1, -0.05) is 12.2 Å². The van der Waals surface area contributed by atoms with Gasteiger partial charge in [-0.25, -0.2) is 13.2 Å². The number of hydrogen-bond acceptors (Lipinski definition) is 5. The zero-order valence-electron chi connectivity index (χ0n) is 20.1. The number of amides is 2. The molecule has 0 aliphatic carbocycles. The van der Waals surface area contributed by atoms with Crippen LogP contribution in [0.15, 0.2) is 35.3 Å². The molecule has 2 aromatic rings. The molecule has 0 saturated heterocycles. The van der Waals surface area contributed by atoms with Crippen LogP contribution in [0.1, 0.15) is 50.3 Å². The summed E-state index contributed by atoms with van der Waals surface area (Å²) in [7, 11) is 0. The number of aromatic nitrogens is 1. The molecule has 0 spiro atoms. The summed E-state index contributed by atoms with van der Waals surface area (Å²) in [5.41, 5.74) is -5.96. The van der Waals surface area contributed by atoms with E-state index in [-0.39, 0.29) is 6.54 Å². The summed E-state index contributed by atoms with van der Waals surface area (Å²) < 4.78 is 65.4. The zero-order chi connectivity index (χ0) is 26.7. The topological polar surface area (TPSA) is 112 Å². The molecule has 8 nitrogen and oxygen atoms in total. The highest BCUT2D eigenvalue weighted by molar-refractivity contribution is 5.99. The van der Waals surface area contributed by atoms with Crippen molar-refractivity contribution in [3.63, 3.8) is 0 Å². The normalized spacial score (nSPS) is 25.5. The molecule has 2 amide bonds. The molecule has 4 rings (SSSR count). The first kappa shape index (κ1) is 18.9. The van der Waals surface area contributed by atoms with Gasteiger partial charge in [0.25, 0.3) is 11.8 Å². The molecule has 3 heterocycles. The summed E-state index contributed by atoms with van der Waals surface area (Å²) in [6, 6.07) is -1.33. The third-order valence-electron chi connectivity index (χ3n) is 5.78. The number of benzene rings is 1. The highest BCUT2D eigenvalue weighted by Crippen LogP contribution is 2.36. The molecule has 0 fully saturated rings. The van der Waals surface area contributed by atoms with Crippen LogP contribution in [0.25, 0.3) is 0 Å². The maximum Gasteiger partial charge on any atom is 0.275 e. The molecule has 0 saturated carbocycles. The van der Waals surface area contributed by atoms with Gasteiger partial charge in [0.15, 0.2) is 11.4 Å². The Balaban J connectivity index is 1.80. The minimum Gasteiger partial charge on any atom is -0.503 e. The Hall–Kier alpha value is -3.60. The lowest BCUT2D eigenvalue weighted by Gasteiger charge is -2.41. The molecule has 1 aromatic heterocycles. The molecule has 11 heteroatoms. The van der Waals surface area contributed by atoms with Gasteiger partial charge in [-0.3, -0.25) is 14.4 Å². The van der Waals surface area contributed by atoms with E-state index in [2.05, 4.69) is 5.32 Å². The van der Waals surface area contributed by atoms with E-state index in [4.69, 9.17) is 4.11 Å². The van der Waals surface area contributed by atoms with Crippen molar-refractivity contribution in [3.8, 4) is 5.75 Å². The van der Waals surface area contributed by atoms with Crippen LogP contribution in [-0.2, 0) is 6.54 Å². The van der Waals surface area contributed by atoms with Crippen molar-refractivity contribution < 1.29 is 37.1 Å². The summed E-state index contributed by atoms with van der Waals surface area (Å²) in [5.74, 6) is -6.97. The number of hydrogen-bond donors (Lipinski definition) is 3. The minimum absolute atomic E-state index is 0.329. The number of rotatable bonds is 3. The van der Waals surface area contributed by atoms with Gasteiger partial charge in [-0.2, -0.15) is 0 Å². The molecular weight excluding hydrogens is 443 g/mol. The Labute approximate surface area is 189 Å². The van der Waals surface area contributed by atoms with Crippen LogP contribution in [-0.4, -0.2) is 49.7 Å². The Morgan fingerprint density at radius 3 is 2.61 bits per heavy atom. The molecule has 3 N–H and O–H groups in total. The molecule has 33 heavy (non-hydrogen) atoms. The van der Waals surface area contributed by atoms with Crippen LogP contribution < -0.4 is 10.7 Å². The van der Waals surface area contributed by atoms with Gasteiger partial charge in [-0.15, -0.1) is 0 Å². The van der Waals surface area contributed by atoms with Crippen molar-refractivity contribution in [2.24, 2.45) is 0 Å². The Morgan fingerprint density at radius 2 is 1.97 bits per heavy atom. The highest BCUT2D eigenvalue weighted by Gasteiger charge is 2.45. The second kappa shape index (κ2) is 7.77. The average Bonchev–Trinajstić information content (AvgIpc) is 2.89. The lowest BCUT2D eigenvalue weighted by atomic mass is 9.93. The third kappa shape index (κ3) is 3.67. The van der Waals surface area contributed by atoms with E-state index in [0.717, 1.165) is 16.8 Å². The van der Waals surface area contributed by atoms with Gasteiger partial charge in [0.2, 0.25) is 5.43 Å². The van der Waals surface area contributed by atoms with Gasteiger partial charge < -0.3 is 25.0 Å². The zero-order valence-corrected chi connectivity index (χ0v) is 17.1. The minimum atomic E-state index is -3.01. The van der Waals surface area contributed by atoms with E-state index >= 15 is 0 Å². The Kier molecular flexibility index (Phi) is 4.45. The third-order valence-corrected chi connectivity index (χ3v) is 5.78. The van der Waals surface area contributed by atoms with Crippen LogP contribution in [0.4, 0.5) is 13.2 Å². The molecular formula is C22H20F3N3O5. The number of aromatic hydroxyl groups is 1. The number of aliphatic hydroxyl groups is 1. The number of carbonyl (C=O) groups excluding carboxylic acids is 2. The fraction of sp³-hybridized carbons (Fsp3) is 0.318. The van der Waals surface area contributed by atoms with E-state index < -0.39 is 88.3 Å². The van der Waals surface area contributed by atoms with Crippen molar-refractivity contribution in [3.05, 3.63) is 75.0 Å². The first-order valence-corrected chi connectivity index (χ1v) is 9.79. The van der Waals surface area contributed by atoms with E-state index in [1.807, 2.05) is 0 Å². The lowest BCUT2D eigenvalue weighted by Crippen LogP contribution is -2.51. The second-order valence-electron chi connectivity index (χ2n) is 7.91. The van der Waals surface area contributed by atoms with Crippen molar-refractivity contribution >= 4 is 11.8 Å². The molecule has 3 atom stereocenters. The van der Waals surface area contributed by atoms with Crippen molar-refractivity contribution in [2.75, 3.05) is 6.54 Å². The van der Waals surface area contributed by atoms with Crippen LogP contribution in [0.5, 0.6) is 5.75 Å². The molecule has 2 bridgehead atoms. The summed E-state index contributed by atoms with van der Waals surface area (Å²) in [5, 5.41) is 23.9. The lowest BCUT2D eigenvalue weighted by molar-refractivity contribution is 0.0205. The molecule has 2 aliphatic rings. The molecule has 1 aromatic carbocycles. The van der Waals surface area contributed by atoms with Crippen molar-refractivity contribution in [2.45, 2.75) is 38.0 Å². The molecule has 174 valence electrons.